The van der Waals surface area contributed by atoms with Gasteiger partial charge in [-0.2, -0.15) is 4.37 Å². The molecule has 2 rings (SSSR count). The van der Waals surface area contributed by atoms with E-state index in [0.29, 0.717) is 22.5 Å². The van der Waals surface area contributed by atoms with Gasteiger partial charge in [0.1, 0.15) is 0 Å². The van der Waals surface area contributed by atoms with Gasteiger partial charge in [0.25, 0.3) is 5.91 Å². The Bertz CT molecular complexity index is 991. The second-order valence-electron chi connectivity index (χ2n) is 6.21. The van der Waals surface area contributed by atoms with Gasteiger partial charge in [-0.25, -0.2) is 4.99 Å². The molecule has 0 aliphatic heterocycles. The minimum Gasteiger partial charge on any atom is -0.370 e. The minimum absolute atomic E-state index is 0.0390. The van der Waals surface area contributed by atoms with Gasteiger partial charge in [0, 0.05) is 11.8 Å². The number of carbonyl (C=O) groups is 2. The van der Waals surface area contributed by atoms with Crippen molar-refractivity contribution in [3.05, 3.63) is 50.0 Å². The molecular formula is C19H21Cl2N5O2S. The summed E-state index contributed by atoms with van der Waals surface area (Å²) in [5.74, 6) is -0.689. The number of rotatable bonds is 5. The fraction of sp³-hybridized carbons (Fsp3) is 0.263. The number of aliphatic imine (C=N–C) groups is 1. The lowest BCUT2D eigenvalue weighted by Gasteiger charge is -2.10. The first-order chi connectivity index (χ1) is 13.6. The van der Waals surface area contributed by atoms with Crippen molar-refractivity contribution in [1.29, 1.82) is 0 Å². The summed E-state index contributed by atoms with van der Waals surface area (Å²) in [5.41, 5.74) is 8.89. The number of aryl methyl sites for hydroxylation is 1. The van der Waals surface area contributed by atoms with E-state index in [9.17, 15) is 9.59 Å². The molecular weight excluding hydrogens is 433 g/mol. The van der Waals surface area contributed by atoms with Crippen molar-refractivity contribution < 1.29 is 9.59 Å². The third-order valence-corrected chi connectivity index (χ3v) is 5.32. The van der Waals surface area contributed by atoms with E-state index in [1.807, 2.05) is 26.8 Å². The number of allylic oxidation sites excluding steroid dienone is 2. The fourth-order valence-electron chi connectivity index (χ4n) is 2.45. The molecule has 0 fully saturated rings. The Kier molecular flexibility index (Phi) is 7.78. The van der Waals surface area contributed by atoms with Crippen molar-refractivity contribution in [2.45, 2.75) is 34.2 Å². The Morgan fingerprint density at radius 3 is 2.45 bits per heavy atom. The molecule has 0 aliphatic carbocycles. The zero-order chi connectivity index (χ0) is 21.7. The van der Waals surface area contributed by atoms with Crippen molar-refractivity contribution in [1.82, 2.24) is 9.69 Å². The van der Waals surface area contributed by atoms with E-state index in [1.54, 1.807) is 12.1 Å². The first kappa shape index (κ1) is 22.9. The first-order valence-electron chi connectivity index (χ1n) is 8.60. The third kappa shape index (κ3) is 5.79. The zero-order valence-electron chi connectivity index (χ0n) is 16.4. The van der Waals surface area contributed by atoms with Crippen LogP contribution in [0.25, 0.3) is 5.57 Å². The number of nitrogens with one attached hydrogen (secondary N) is 2. The predicted octanol–water partition coefficient (Wildman–Crippen LogP) is 4.38. The van der Waals surface area contributed by atoms with E-state index < -0.39 is 0 Å². The van der Waals surface area contributed by atoms with Gasteiger partial charge in [-0.3, -0.25) is 14.9 Å². The Balaban J connectivity index is 2.15. The van der Waals surface area contributed by atoms with Gasteiger partial charge in [-0.05, 0) is 55.6 Å². The molecule has 0 unspecified atom stereocenters. The highest BCUT2D eigenvalue weighted by molar-refractivity contribution is 7.06. The molecule has 0 bridgehead atoms. The second kappa shape index (κ2) is 9.87. The van der Waals surface area contributed by atoms with E-state index in [1.165, 1.54) is 18.5 Å². The van der Waals surface area contributed by atoms with Crippen molar-refractivity contribution >= 4 is 63.8 Å². The Morgan fingerprint density at radius 2 is 1.90 bits per heavy atom. The molecule has 0 saturated carbocycles. The van der Waals surface area contributed by atoms with Gasteiger partial charge in [0.2, 0.25) is 5.91 Å². The molecule has 29 heavy (non-hydrogen) atoms. The number of anilines is 1. The average Bonchev–Trinajstić information content (AvgIpc) is 3.03. The number of carbonyl (C=O) groups excluding carboxylic acids is 2. The number of nitrogens with zero attached hydrogens (tertiary/aromatic N) is 2. The van der Waals surface area contributed by atoms with Gasteiger partial charge in [-0.15, -0.1) is 0 Å². The third-order valence-electron chi connectivity index (χ3n) is 3.97. The van der Waals surface area contributed by atoms with E-state index >= 15 is 0 Å². The highest BCUT2D eigenvalue weighted by Crippen LogP contribution is 2.32. The highest BCUT2D eigenvalue weighted by Gasteiger charge is 2.20. The van der Waals surface area contributed by atoms with Crippen LogP contribution in [0.5, 0.6) is 0 Å². The average molecular weight is 454 g/mol. The summed E-state index contributed by atoms with van der Waals surface area (Å²) in [6, 6.07) is 3.25. The summed E-state index contributed by atoms with van der Waals surface area (Å²) in [6.07, 6.45) is 1.89. The summed E-state index contributed by atoms with van der Waals surface area (Å²) in [5, 5.41) is 5.72. The summed E-state index contributed by atoms with van der Waals surface area (Å²) >= 11 is 13.6. The van der Waals surface area contributed by atoms with Crippen LogP contribution in [-0.2, 0) is 11.3 Å². The zero-order valence-corrected chi connectivity index (χ0v) is 18.7. The van der Waals surface area contributed by atoms with Crippen molar-refractivity contribution in [2.75, 3.05) is 5.32 Å². The molecule has 1 aromatic heterocycles. The molecule has 1 heterocycles. The molecule has 0 saturated heterocycles. The second-order valence-corrected chi connectivity index (χ2v) is 8.00. The molecule has 4 N–H and O–H groups in total. The lowest BCUT2D eigenvalue weighted by atomic mass is 10.1. The summed E-state index contributed by atoms with van der Waals surface area (Å²) in [6.45, 7) is 7.11. The number of halogens is 2. The van der Waals surface area contributed by atoms with E-state index in [4.69, 9.17) is 28.9 Å². The molecule has 1 aromatic carbocycles. The van der Waals surface area contributed by atoms with Gasteiger partial charge >= 0.3 is 0 Å². The van der Waals surface area contributed by atoms with Gasteiger partial charge < -0.3 is 11.1 Å². The van der Waals surface area contributed by atoms with Gasteiger partial charge in [0.15, 0.2) is 5.96 Å². The number of hydrogen-bond acceptors (Lipinski definition) is 5. The molecule has 0 aliphatic rings. The van der Waals surface area contributed by atoms with Crippen molar-refractivity contribution in [2.24, 2.45) is 10.7 Å². The molecule has 7 nitrogen and oxygen atoms in total. The molecule has 154 valence electrons. The van der Waals surface area contributed by atoms with Crippen LogP contribution in [0.4, 0.5) is 5.69 Å². The van der Waals surface area contributed by atoms with Crippen LogP contribution in [0.1, 0.15) is 47.3 Å². The molecule has 2 amide bonds. The summed E-state index contributed by atoms with van der Waals surface area (Å²) in [4.78, 5) is 28.8. The van der Waals surface area contributed by atoms with Gasteiger partial charge in [-0.1, -0.05) is 29.3 Å². The largest absolute Gasteiger partial charge is 0.370 e. The molecule has 0 radical (unpaired) electrons. The van der Waals surface area contributed by atoms with Crippen LogP contribution >= 0.6 is 34.7 Å². The normalized spacial score (nSPS) is 12.1. The first-order valence-corrected chi connectivity index (χ1v) is 10.1. The Morgan fingerprint density at radius 1 is 1.28 bits per heavy atom. The number of hydrogen-bond donors (Lipinski definition) is 3. The van der Waals surface area contributed by atoms with Crippen LogP contribution in [0.3, 0.4) is 0 Å². The molecule has 2 aromatic rings. The lowest BCUT2D eigenvalue weighted by Crippen LogP contribution is -2.37. The maximum Gasteiger partial charge on any atom is 0.261 e. The topological polar surface area (TPSA) is 109 Å². The number of amides is 2. The Hall–Kier alpha value is -2.42. The number of aromatic nitrogens is 1. The van der Waals surface area contributed by atoms with Crippen LogP contribution < -0.4 is 16.4 Å². The number of benzene rings is 1. The number of guanidine groups is 1. The lowest BCUT2D eigenvalue weighted by molar-refractivity contribution is -0.114. The maximum absolute atomic E-state index is 12.6. The quantitative estimate of drug-likeness (QED) is 0.460. The standard InChI is InChI=1S/C19H21Cl2N5O2S/c1-5-9(2)16-15(10(3)29-26-16)18(28)25-19(22)23-8-12-6-13(20)17(14(21)7-12)24-11(4)27/h5-7H,8H2,1-4H3,(H,24,27)(H3,22,23,25,28)/b9-5+. The van der Waals surface area contributed by atoms with Crippen LogP contribution in [0.15, 0.2) is 23.2 Å². The smallest absolute Gasteiger partial charge is 0.261 e. The van der Waals surface area contributed by atoms with E-state index in [0.717, 1.165) is 10.5 Å². The van der Waals surface area contributed by atoms with Crippen LogP contribution in [0.2, 0.25) is 10.0 Å². The van der Waals surface area contributed by atoms with Crippen molar-refractivity contribution in [3.8, 4) is 0 Å². The number of nitrogens with two attached hydrogens (primary N) is 1. The minimum atomic E-state index is -0.370. The monoisotopic (exact) mass is 453 g/mol. The summed E-state index contributed by atoms with van der Waals surface area (Å²) < 4.78 is 4.33. The molecule has 0 atom stereocenters. The molecule has 10 heteroatoms. The van der Waals surface area contributed by atoms with Crippen molar-refractivity contribution in [3.63, 3.8) is 0 Å². The maximum atomic E-state index is 12.6. The predicted molar refractivity (Wildman–Crippen MR) is 120 cm³/mol. The summed E-state index contributed by atoms with van der Waals surface area (Å²) in [7, 11) is 0. The highest BCUT2D eigenvalue weighted by atomic mass is 35.5. The van der Waals surface area contributed by atoms with E-state index in [2.05, 4.69) is 20.0 Å². The SMILES string of the molecule is C/C=C(\C)c1nsc(C)c1C(=O)NC(N)=NCc1cc(Cl)c(NC(C)=O)c(Cl)c1. The Labute approximate surface area is 183 Å². The van der Waals surface area contributed by atoms with E-state index in [-0.39, 0.29) is 34.4 Å². The molecule has 0 spiro atoms. The van der Waals surface area contributed by atoms with Gasteiger partial charge in [0.05, 0.1) is 33.5 Å². The van der Waals surface area contributed by atoms with Crippen LogP contribution in [0, 0.1) is 6.92 Å². The van der Waals surface area contributed by atoms with Crippen LogP contribution in [-0.4, -0.2) is 22.1 Å². The fourth-order valence-corrected chi connectivity index (χ4v) is 3.82.